The predicted octanol–water partition coefficient (Wildman–Crippen LogP) is -5.40. The van der Waals surface area contributed by atoms with Crippen LogP contribution in [0.15, 0.2) is 0 Å². The van der Waals surface area contributed by atoms with Gasteiger partial charge in [-0.25, -0.2) is 0 Å². The molecule has 0 radical (unpaired) electrons. The van der Waals surface area contributed by atoms with Gasteiger partial charge in [0.25, 0.3) is 0 Å². The van der Waals surface area contributed by atoms with Crippen molar-refractivity contribution in [1.29, 1.82) is 0 Å². The minimum Gasteiger partial charge on any atom is -0.394 e. The average Bonchev–Trinajstić information content (AvgIpc) is 2.80. The van der Waals surface area contributed by atoms with Crippen molar-refractivity contribution in [3.63, 3.8) is 0 Å². The first-order chi connectivity index (χ1) is 10.8. The molecule has 11 heteroatoms. The summed E-state index contributed by atoms with van der Waals surface area (Å²) in [4.78, 5) is 0. The van der Waals surface area contributed by atoms with E-state index in [9.17, 15) is 30.6 Å². The lowest BCUT2D eigenvalue weighted by molar-refractivity contribution is -0.383. The molecular weight excluding hydrogens is 320 g/mol. The lowest BCUT2D eigenvalue weighted by Gasteiger charge is -2.43. The SMILES string of the molecule is OC[C@@H]1O[C@H](O[C@@]2(CO)O[C@@H](CO)[C@H](O)[C@H]2O)[C@@H](O)[C@H](O)[C@H]1O. The molecule has 136 valence electrons. The Morgan fingerprint density at radius 2 is 1.39 bits per heavy atom. The molecule has 0 aromatic heterocycles. The van der Waals surface area contributed by atoms with E-state index in [0.29, 0.717) is 0 Å². The summed E-state index contributed by atoms with van der Waals surface area (Å²) in [5, 5.41) is 76.7. The van der Waals surface area contributed by atoms with Crippen LogP contribution in [0.25, 0.3) is 0 Å². The molecule has 2 aliphatic heterocycles. The van der Waals surface area contributed by atoms with Crippen LogP contribution < -0.4 is 0 Å². The van der Waals surface area contributed by atoms with E-state index >= 15 is 0 Å². The number of rotatable bonds is 5. The van der Waals surface area contributed by atoms with E-state index < -0.39 is 74.6 Å². The summed E-state index contributed by atoms with van der Waals surface area (Å²) in [6.07, 6.45) is -12.7. The molecule has 0 aromatic carbocycles. The minimum absolute atomic E-state index is 0.669. The van der Waals surface area contributed by atoms with Gasteiger partial charge in [-0.3, -0.25) is 0 Å². The molecule has 0 aromatic rings. The Bertz CT molecular complexity index is 393. The number of hydrogen-bond acceptors (Lipinski definition) is 11. The molecule has 0 saturated carbocycles. The predicted molar refractivity (Wildman–Crippen MR) is 68.6 cm³/mol. The van der Waals surface area contributed by atoms with Crippen LogP contribution in [0.3, 0.4) is 0 Å². The van der Waals surface area contributed by atoms with E-state index in [1.165, 1.54) is 0 Å². The summed E-state index contributed by atoms with van der Waals surface area (Å²) in [6.45, 7) is -2.32. The number of aliphatic hydroxyl groups excluding tert-OH is 8. The summed E-state index contributed by atoms with van der Waals surface area (Å²) in [5.74, 6) is -2.22. The molecule has 11 nitrogen and oxygen atoms in total. The Labute approximate surface area is 130 Å². The molecule has 0 bridgehead atoms. The zero-order valence-electron chi connectivity index (χ0n) is 12.0. The Balaban J connectivity index is 2.18. The topological polar surface area (TPSA) is 190 Å². The Morgan fingerprint density at radius 1 is 0.783 bits per heavy atom. The first-order valence-corrected chi connectivity index (χ1v) is 7.05. The van der Waals surface area contributed by atoms with Gasteiger partial charge >= 0.3 is 0 Å². The van der Waals surface area contributed by atoms with E-state index in [-0.39, 0.29) is 0 Å². The normalized spacial score (nSPS) is 51.1. The van der Waals surface area contributed by atoms with Gasteiger partial charge in [0.05, 0.1) is 13.2 Å². The van der Waals surface area contributed by atoms with Crippen LogP contribution in [0.2, 0.25) is 0 Å². The standard InChI is InChI=1S/C12H22O11/c13-1-4-6(16)8(18)9(19)11(21-4)23-12(3-15)10(20)7(17)5(2-14)22-12/h4-11,13-20H,1-3H2/t4-,5-,6-,7-,8+,9-,10+,11+,12+/m0/s1. The average molecular weight is 342 g/mol. The number of hydrogen-bond donors (Lipinski definition) is 8. The largest absolute Gasteiger partial charge is 0.394 e. The van der Waals surface area contributed by atoms with Crippen molar-refractivity contribution in [2.75, 3.05) is 19.8 Å². The third-order valence-corrected chi connectivity index (χ3v) is 4.07. The van der Waals surface area contributed by atoms with Gasteiger partial charge in [-0.15, -0.1) is 0 Å². The lowest BCUT2D eigenvalue weighted by Crippen LogP contribution is -2.62. The first-order valence-electron chi connectivity index (χ1n) is 7.05. The molecule has 2 fully saturated rings. The molecule has 2 saturated heterocycles. The number of ether oxygens (including phenoxy) is 3. The maximum Gasteiger partial charge on any atom is 0.224 e. The maximum absolute atomic E-state index is 10.00. The second-order valence-corrected chi connectivity index (χ2v) is 5.56. The molecule has 0 unspecified atom stereocenters. The van der Waals surface area contributed by atoms with E-state index in [2.05, 4.69) is 0 Å². The molecule has 2 rings (SSSR count). The van der Waals surface area contributed by atoms with Gasteiger partial charge < -0.3 is 55.1 Å². The Morgan fingerprint density at radius 3 is 1.87 bits per heavy atom. The Kier molecular flexibility index (Phi) is 5.92. The highest BCUT2D eigenvalue weighted by Crippen LogP contribution is 2.35. The van der Waals surface area contributed by atoms with Crippen LogP contribution >= 0.6 is 0 Å². The molecular formula is C12H22O11. The monoisotopic (exact) mass is 342 g/mol. The molecule has 2 heterocycles. The molecule has 2 aliphatic rings. The summed E-state index contributed by atoms with van der Waals surface area (Å²) in [6, 6.07) is 0. The van der Waals surface area contributed by atoms with Gasteiger partial charge in [0, 0.05) is 0 Å². The zero-order valence-corrected chi connectivity index (χ0v) is 12.0. The van der Waals surface area contributed by atoms with Crippen molar-refractivity contribution < 1.29 is 55.1 Å². The van der Waals surface area contributed by atoms with Crippen molar-refractivity contribution in [2.45, 2.75) is 54.8 Å². The smallest absolute Gasteiger partial charge is 0.224 e. The fourth-order valence-electron chi connectivity index (χ4n) is 2.63. The van der Waals surface area contributed by atoms with E-state index in [1.54, 1.807) is 0 Å². The van der Waals surface area contributed by atoms with Crippen LogP contribution in [0.4, 0.5) is 0 Å². The van der Waals surface area contributed by atoms with Crippen molar-refractivity contribution in [2.24, 2.45) is 0 Å². The first kappa shape index (κ1) is 18.9. The van der Waals surface area contributed by atoms with E-state index in [0.717, 1.165) is 0 Å². The highest BCUT2D eigenvalue weighted by Gasteiger charge is 2.58. The van der Waals surface area contributed by atoms with Gasteiger partial charge in [0.1, 0.15) is 49.3 Å². The second-order valence-electron chi connectivity index (χ2n) is 5.56. The highest BCUT2D eigenvalue weighted by molar-refractivity contribution is 4.98. The van der Waals surface area contributed by atoms with Gasteiger partial charge in [-0.2, -0.15) is 0 Å². The summed E-state index contributed by atoms with van der Waals surface area (Å²) < 4.78 is 15.4. The van der Waals surface area contributed by atoms with Crippen molar-refractivity contribution in [1.82, 2.24) is 0 Å². The molecule has 0 aliphatic carbocycles. The van der Waals surface area contributed by atoms with Crippen molar-refractivity contribution in [3.05, 3.63) is 0 Å². The van der Waals surface area contributed by atoms with Gasteiger partial charge in [0.15, 0.2) is 6.29 Å². The van der Waals surface area contributed by atoms with Crippen molar-refractivity contribution >= 4 is 0 Å². The lowest BCUT2D eigenvalue weighted by atomic mass is 9.99. The quantitative estimate of drug-likeness (QED) is 0.238. The maximum atomic E-state index is 10.00. The van der Waals surface area contributed by atoms with Gasteiger partial charge in [0.2, 0.25) is 5.79 Å². The Hall–Kier alpha value is -0.440. The summed E-state index contributed by atoms with van der Waals surface area (Å²) in [5.41, 5.74) is 0. The molecule has 8 N–H and O–H groups in total. The van der Waals surface area contributed by atoms with Crippen LogP contribution in [0.1, 0.15) is 0 Å². The molecule has 0 amide bonds. The summed E-state index contributed by atoms with van der Waals surface area (Å²) in [7, 11) is 0. The van der Waals surface area contributed by atoms with Crippen LogP contribution in [0.5, 0.6) is 0 Å². The van der Waals surface area contributed by atoms with Crippen molar-refractivity contribution in [3.8, 4) is 0 Å². The molecule has 0 spiro atoms. The fraction of sp³-hybridized carbons (Fsp3) is 1.00. The van der Waals surface area contributed by atoms with Crippen LogP contribution in [-0.4, -0.2) is 115 Å². The fourth-order valence-corrected chi connectivity index (χ4v) is 2.63. The van der Waals surface area contributed by atoms with Crippen LogP contribution in [-0.2, 0) is 14.2 Å². The third-order valence-electron chi connectivity index (χ3n) is 4.07. The van der Waals surface area contributed by atoms with Gasteiger partial charge in [-0.05, 0) is 0 Å². The van der Waals surface area contributed by atoms with E-state index in [4.69, 9.17) is 24.4 Å². The van der Waals surface area contributed by atoms with E-state index in [1.807, 2.05) is 0 Å². The number of aliphatic hydroxyl groups is 8. The molecule has 23 heavy (non-hydrogen) atoms. The zero-order chi connectivity index (χ0) is 17.4. The highest BCUT2D eigenvalue weighted by atomic mass is 16.8. The van der Waals surface area contributed by atoms with Gasteiger partial charge in [-0.1, -0.05) is 0 Å². The summed E-state index contributed by atoms with van der Waals surface area (Å²) >= 11 is 0. The molecule has 9 atom stereocenters. The second kappa shape index (κ2) is 7.21. The third kappa shape index (κ3) is 3.23. The minimum atomic E-state index is -2.22. The van der Waals surface area contributed by atoms with Crippen LogP contribution in [0, 0.1) is 0 Å².